The molecule has 0 aliphatic heterocycles. The maximum atomic E-state index is 5.84. The van der Waals surface area contributed by atoms with E-state index < -0.39 is 0 Å². The Hall–Kier alpha value is -1.03. The highest BCUT2D eigenvalue weighted by atomic mass is 79.9. The van der Waals surface area contributed by atoms with Gasteiger partial charge in [-0.15, -0.1) is 0 Å². The highest BCUT2D eigenvalue weighted by Gasteiger charge is 2.10. The molecule has 0 saturated carbocycles. The fourth-order valence-electron chi connectivity index (χ4n) is 1.63. The lowest BCUT2D eigenvalue weighted by Crippen LogP contribution is -2.05. The highest BCUT2D eigenvalue weighted by Crippen LogP contribution is 2.24. The Morgan fingerprint density at radius 1 is 1.43 bits per heavy atom. The van der Waals surface area contributed by atoms with Gasteiger partial charge in [0.05, 0.1) is 11.0 Å². The number of imidazole rings is 1. The molecule has 0 fully saturated rings. The predicted molar refractivity (Wildman–Crippen MR) is 62.2 cm³/mol. The lowest BCUT2D eigenvalue weighted by molar-refractivity contribution is 0.627. The van der Waals surface area contributed by atoms with Gasteiger partial charge in [0.25, 0.3) is 0 Å². The number of aromatic nitrogens is 2. The van der Waals surface area contributed by atoms with Crippen LogP contribution in [0.1, 0.15) is 19.9 Å². The maximum Gasteiger partial charge on any atom is 0.201 e. The summed E-state index contributed by atoms with van der Waals surface area (Å²) in [4.78, 5) is 4.31. The first kappa shape index (κ1) is 9.52. The van der Waals surface area contributed by atoms with Crippen molar-refractivity contribution >= 4 is 32.9 Å². The number of anilines is 1. The van der Waals surface area contributed by atoms with Crippen molar-refractivity contribution in [3.8, 4) is 0 Å². The van der Waals surface area contributed by atoms with Crippen LogP contribution in [0, 0.1) is 0 Å². The van der Waals surface area contributed by atoms with Gasteiger partial charge in [-0.05, 0) is 32.0 Å². The second-order valence-corrected chi connectivity index (χ2v) is 4.48. The molecule has 0 aliphatic rings. The van der Waals surface area contributed by atoms with Crippen molar-refractivity contribution < 1.29 is 0 Å². The van der Waals surface area contributed by atoms with E-state index in [-0.39, 0.29) is 0 Å². The molecular formula is C10H12BrN3. The highest BCUT2D eigenvalue weighted by molar-refractivity contribution is 9.10. The molecule has 0 aliphatic carbocycles. The first-order chi connectivity index (χ1) is 6.59. The molecule has 0 bridgehead atoms. The van der Waals surface area contributed by atoms with Gasteiger partial charge in [-0.25, -0.2) is 4.98 Å². The Morgan fingerprint density at radius 2 is 2.14 bits per heavy atom. The smallest absolute Gasteiger partial charge is 0.201 e. The minimum Gasteiger partial charge on any atom is -0.369 e. The summed E-state index contributed by atoms with van der Waals surface area (Å²) in [7, 11) is 0. The number of fused-ring (bicyclic) bond motifs is 1. The van der Waals surface area contributed by atoms with Gasteiger partial charge < -0.3 is 10.3 Å². The maximum absolute atomic E-state index is 5.84. The van der Waals surface area contributed by atoms with Crippen molar-refractivity contribution in [3.63, 3.8) is 0 Å². The number of rotatable bonds is 1. The zero-order chi connectivity index (χ0) is 10.3. The fourth-order valence-corrected chi connectivity index (χ4v) is 1.98. The third kappa shape index (κ3) is 1.39. The second-order valence-electron chi connectivity index (χ2n) is 3.57. The number of nitrogens with zero attached hydrogens (tertiary/aromatic N) is 2. The second kappa shape index (κ2) is 3.28. The van der Waals surface area contributed by atoms with Gasteiger partial charge >= 0.3 is 0 Å². The molecule has 1 heterocycles. The van der Waals surface area contributed by atoms with Crippen molar-refractivity contribution in [2.75, 3.05) is 5.73 Å². The van der Waals surface area contributed by atoms with Crippen LogP contribution in [-0.2, 0) is 0 Å². The molecule has 1 aromatic carbocycles. The number of nitrogens with two attached hydrogens (primary N) is 1. The zero-order valence-corrected chi connectivity index (χ0v) is 9.75. The SMILES string of the molecule is CC(C)n1c(N)nc2cc(Br)ccc21. The molecule has 0 unspecified atom stereocenters. The van der Waals surface area contributed by atoms with E-state index in [9.17, 15) is 0 Å². The lowest BCUT2D eigenvalue weighted by Gasteiger charge is -2.09. The van der Waals surface area contributed by atoms with Crippen molar-refractivity contribution in [2.45, 2.75) is 19.9 Å². The molecule has 1 aromatic heterocycles. The van der Waals surface area contributed by atoms with Gasteiger partial charge in [0.2, 0.25) is 5.95 Å². The Labute approximate surface area is 91.1 Å². The van der Waals surface area contributed by atoms with Crippen molar-refractivity contribution in [1.29, 1.82) is 0 Å². The number of benzene rings is 1. The van der Waals surface area contributed by atoms with E-state index in [1.165, 1.54) is 0 Å². The molecule has 2 N–H and O–H groups in total. The van der Waals surface area contributed by atoms with Gasteiger partial charge in [0.15, 0.2) is 0 Å². The molecule has 0 amide bonds. The summed E-state index contributed by atoms with van der Waals surface area (Å²) in [6, 6.07) is 6.34. The van der Waals surface area contributed by atoms with E-state index in [0.29, 0.717) is 12.0 Å². The van der Waals surface area contributed by atoms with Crippen LogP contribution in [0.25, 0.3) is 11.0 Å². The van der Waals surface area contributed by atoms with Crippen LogP contribution >= 0.6 is 15.9 Å². The van der Waals surface area contributed by atoms with Crippen LogP contribution in [0.5, 0.6) is 0 Å². The summed E-state index contributed by atoms with van der Waals surface area (Å²) in [6.07, 6.45) is 0. The van der Waals surface area contributed by atoms with Crippen LogP contribution in [0.3, 0.4) is 0 Å². The summed E-state index contributed by atoms with van der Waals surface area (Å²) in [5.41, 5.74) is 7.86. The standard InChI is InChI=1S/C10H12BrN3/c1-6(2)14-9-4-3-7(11)5-8(9)13-10(14)12/h3-6H,1-2H3,(H2,12,13). The number of hydrogen-bond acceptors (Lipinski definition) is 2. The summed E-state index contributed by atoms with van der Waals surface area (Å²) >= 11 is 3.41. The third-order valence-corrected chi connectivity index (χ3v) is 2.69. The summed E-state index contributed by atoms with van der Waals surface area (Å²) in [5.74, 6) is 0.577. The Balaban J connectivity index is 2.77. The average molecular weight is 254 g/mol. The van der Waals surface area contributed by atoms with Crippen LogP contribution in [-0.4, -0.2) is 9.55 Å². The number of nitrogen functional groups attached to an aromatic ring is 1. The van der Waals surface area contributed by atoms with Gasteiger partial charge in [-0.3, -0.25) is 0 Å². The first-order valence-corrected chi connectivity index (χ1v) is 5.32. The summed E-state index contributed by atoms with van der Waals surface area (Å²) in [6.45, 7) is 4.19. The van der Waals surface area contributed by atoms with Crippen molar-refractivity contribution in [1.82, 2.24) is 9.55 Å². The van der Waals surface area contributed by atoms with E-state index in [0.717, 1.165) is 15.5 Å². The summed E-state index contributed by atoms with van der Waals surface area (Å²) < 4.78 is 3.06. The largest absolute Gasteiger partial charge is 0.369 e. The molecule has 0 saturated heterocycles. The fraction of sp³-hybridized carbons (Fsp3) is 0.300. The van der Waals surface area contributed by atoms with E-state index in [1.54, 1.807) is 0 Å². The Bertz CT molecular complexity index is 473. The van der Waals surface area contributed by atoms with E-state index >= 15 is 0 Å². The molecule has 0 radical (unpaired) electrons. The predicted octanol–water partition coefficient (Wildman–Crippen LogP) is 2.96. The lowest BCUT2D eigenvalue weighted by atomic mass is 10.3. The number of halogens is 1. The van der Waals surface area contributed by atoms with Crippen LogP contribution < -0.4 is 5.73 Å². The molecule has 0 atom stereocenters. The molecule has 14 heavy (non-hydrogen) atoms. The third-order valence-electron chi connectivity index (χ3n) is 2.20. The monoisotopic (exact) mass is 253 g/mol. The van der Waals surface area contributed by atoms with Gasteiger partial charge in [0, 0.05) is 10.5 Å². The molecule has 74 valence electrons. The van der Waals surface area contributed by atoms with Crippen LogP contribution in [0.15, 0.2) is 22.7 Å². The van der Waals surface area contributed by atoms with Gasteiger partial charge in [-0.2, -0.15) is 0 Å². The normalized spacial score (nSPS) is 11.4. The van der Waals surface area contributed by atoms with E-state index in [4.69, 9.17) is 5.73 Å². The first-order valence-electron chi connectivity index (χ1n) is 4.52. The van der Waals surface area contributed by atoms with Crippen LogP contribution in [0.4, 0.5) is 5.95 Å². The van der Waals surface area contributed by atoms with E-state index in [1.807, 2.05) is 22.8 Å². The quantitative estimate of drug-likeness (QED) is 0.850. The zero-order valence-electron chi connectivity index (χ0n) is 8.16. The summed E-state index contributed by atoms with van der Waals surface area (Å²) in [5, 5.41) is 0. The molecular weight excluding hydrogens is 242 g/mol. The molecule has 3 nitrogen and oxygen atoms in total. The molecule has 4 heteroatoms. The molecule has 2 aromatic rings. The van der Waals surface area contributed by atoms with Crippen LogP contribution in [0.2, 0.25) is 0 Å². The minimum atomic E-state index is 0.334. The Kier molecular flexibility index (Phi) is 2.23. The van der Waals surface area contributed by atoms with Gasteiger partial charge in [0.1, 0.15) is 0 Å². The molecule has 0 spiro atoms. The average Bonchev–Trinajstić information content (AvgIpc) is 2.39. The number of hydrogen-bond donors (Lipinski definition) is 1. The van der Waals surface area contributed by atoms with Crippen molar-refractivity contribution in [3.05, 3.63) is 22.7 Å². The Morgan fingerprint density at radius 3 is 2.79 bits per heavy atom. The van der Waals surface area contributed by atoms with Crippen molar-refractivity contribution in [2.24, 2.45) is 0 Å². The minimum absolute atomic E-state index is 0.334. The van der Waals surface area contributed by atoms with E-state index in [2.05, 4.69) is 34.8 Å². The topological polar surface area (TPSA) is 43.8 Å². The van der Waals surface area contributed by atoms with Gasteiger partial charge in [-0.1, -0.05) is 15.9 Å². The molecule has 2 rings (SSSR count).